The minimum atomic E-state index is 1.33. The van der Waals surface area contributed by atoms with Crippen LogP contribution in [0, 0.1) is 0 Å². The average molecular weight is 306 g/mol. The molecule has 0 aliphatic carbocycles. The summed E-state index contributed by atoms with van der Waals surface area (Å²) in [5, 5.41) is 5.32. The molecule has 1 heteroatoms. The standard InChI is InChI=1S/2C9H7.C2H4.Ti/c2*1-2-5-9-7-3-6-8(9)4-1;1-2;/h2*1-7H;1H,2H3;/q2*-1;;. The van der Waals surface area contributed by atoms with Crippen LogP contribution in [0.3, 0.4) is 0 Å². The summed E-state index contributed by atoms with van der Waals surface area (Å²) < 4.78 is 2.00. The monoisotopic (exact) mass is 306 g/mol. The fourth-order valence-electron chi connectivity index (χ4n) is 2.14. The van der Waals surface area contributed by atoms with Crippen molar-refractivity contribution in [3.05, 3.63) is 84.9 Å². The molecule has 0 aliphatic heterocycles. The molecule has 0 fully saturated rings. The molecule has 0 spiro atoms. The van der Waals surface area contributed by atoms with Gasteiger partial charge in [-0.05, 0) is 0 Å². The normalized spacial score (nSPS) is 9.33. The van der Waals surface area contributed by atoms with Gasteiger partial charge in [0.15, 0.2) is 0 Å². The third-order valence-corrected chi connectivity index (χ3v) is 3.10. The fourth-order valence-corrected chi connectivity index (χ4v) is 2.14. The van der Waals surface area contributed by atoms with E-state index >= 15 is 0 Å². The van der Waals surface area contributed by atoms with Gasteiger partial charge in [0, 0.05) is 0 Å². The number of hydrogen-bond acceptors (Lipinski definition) is 0. The molecule has 4 rings (SSSR count). The third-order valence-electron chi connectivity index (χ3n) is 3.10. The number of fused-ring (bicyclic) bond motifs is 2. The largest absolute Gasteiger partial charge is 0.168 e. The summed E-state index contributed by atoms with van der Waals surface area (Å²) >= 11 is 2.00. The van der Waals surface area contributed by atoms with Crippen molar-refractivity contribution in [1.29, 1.82) is 0 Å². The quantitative estimate of drug-likeness (QED) is 0.298. The fraction of sp³-hybridized carbons (Fsp3) is 0.0500. The number of benzene rings is 2. The Balaban J connectivity index is 0.000000130. The van der Waals surface area contributed by atoms with Crippen LogP contribution in [0.5, 0.6) is 0 Å². The minimum absolute atomic E-state index is 1.33. The Morgan fingerprint density at radius 3 is 1.48 bits per heavy atom. The van der Waals surface area contributed by atoms with Gasteiger partial charge in [-0.1, -0.05) is 12.1 Å². The summed E-state index contributed by atoms with van der Waals surface area (Å²) in [6.07, 6.45) is 0. The second-order valence-electron chi connectivity index (χ2n) is 4.60. The first-order valence-electron chi connectivity index (χ1n) is 7.01. The molecule has 104 valence electrons. The molecule has 0 N–H and O–H groups in total. The second-order valence-corrected chi connectivity index (χ2v) is 5.50. The zero-order valence-electron chi connectivity index (χ0n) is 12.2. The molecule has 4 aromatic carbocycles. The van der Waals surface area contributed by atoms with Crippen LogP contribution in [-0.4, -0.2) is 4.31 Å². The van der Waals surface area contributed by atoms with Gasteiger partial charge in [0.25, 0.3) is 0 Å². The molecule has 0 amide bonds. The van der Waals surface area contributed by atoms with Crippen LogP contribution in [-0.2, 0) is 20.0 Å². The molecule has 0 radical (unpaired) electrons. The van der Waals surface area contributed by atoms with Gasteiger partial charge in [0.1, 0.15) is 0 Å². The maximum absolute atomic E-state index is 2.12. The van der Waals surface area contributed by atoms with Gasteiger partial charge in [0.2, 0.25) is 0 Å². The van der Waals surface area contributed by atoms with Crippen molar-refractivity contribution in [3.8, 4) is 0 Å². The molecule has 0 aliphatic rings. The van der Waals surface area contributed by atoms with Gasteiger partial charge in [0.05, 0.1) is 0 Å². The Bertz CT molecular complexity index is 663. The SMILES string of the molecule is C[CH]=[Ti].c1ccc2[cH-]ccc2c1.c1ccc2[cH-]ccc2c1. The van der Waals surface area contributed by atoms with Gasteiger partial charge in [-0.15, -0.1) is 59.3 Å². The molecule has 0 aromatic heterocycles. The van der Waals surface area contributed by atoms with Crippen molar-refractivity contribution in [2.75, 3.05) is 0 Å². The minimum Gasteiger partial charge on any atom is -0.168 e. The molecule has 0 heterocycles. The van der Waals surface area contributed by atoms with Crippen LogP contribution in [0.4, 0.5) is 0 Å². The summed E-state index contributed by atoms with van der Waals surface area (Å²) in [6, 6.07) is 29.3. The Morgan fingerprint density at radius 2 is 1.10 bits per heavy atom. The van der Waals surface area contributed by atoms with Crippen molar-refractivity contribution in [2.24, 2.45) is 0 Å². The van der Waals surface area contributed by atoms with E-state index in [-0.39, 0.29) is 0 Å². The topological polar surface area (TPSA) is 0 Å². The first kappa shape index (κ1) is 15.6. The van der Waals surface area contributed by atoms with Crippen molar-refractivity contribution in [3.63, 3.8) is 0 Å². The number of rotatable bonds is 0. The Hall–Kier alpha value is -1.76. The van der Waals surface area contributed by atoms with Crippen LogP contribution in [0.2, 0.25) is 0 Å². The van der Waals surface area contributed by atoms with E-state index in [0.29, 0.717) is 0 Å². The van der Waals surface area contributed by atoms with Crippen LogP contribution in [0.1, 0.15) is 6.92 Å². The zero-order valence-corrected chi connectivity index (χ0v) is 13.7. The predicted molar refractivity (Wildman–Crippen MR) is 90.8 cm³/mol. The average Bonchev–Trinajstić information content (AvgIpc) is 3.17. The molecule has 4 aromatic rings. The van der Waals surface area contributed by atoms with E-state index < -0.39 is 0 Å². The number of hydrogen-bond donors (Lipinski definition) is 0. The molecule has 0 saturated carbocycles. The second kappa shape index (κ2) is 8.51. The zero-order chi connectivity index (χ0) is 14.9. The molecule has 0 nitrogen and oxygen atoms in total. The van der Waals surface area contributed by atoms with Crippen LogP contribution in [0.15, 0.2) is 84.9 Å². The van der Waals surface area contributed by atoms with E-state index in [1.54, 1.807) is 0 Å². The van der Waals surface area contributed by atoms with Crippen molar-refractivity contribution >= 4 is 25.9 Å². The van der Waals surface area contributed by atoms with Crippen molar-refractivity contribution in [2.45, 2.75) is 6.92 Å². The molecular formula is C20H18Ti-2. The molecule has 21 heavy (non-hydrogen) atoms. The molecular weight excluding hydrogens is 288 g/mol. The first-order valence-corrected chi connectivity index (χ1v) is 7.91. The van der Waals surface area contributed by atoms with Gasteiger partial charge in [-0.2, -0.15) is 35.0 Å². The summed E-state index contributed by atoms with van der Waals surface area (Å²) in [5.41, 5.74) is 0. The van der Waals surface area contributed by atoms with E-state index in [4.69, 9.17) is 0 Å². The van der Waals surface area contributed by atoms with E-state index in [0.717, 1.165) is 0 Å². The summed E-state index contributed by atoms with van der Waals surface area (Å²) in [4.78, 5) is 0. The van der Waals surface area contributed by atoms with E-state index in [9.17, 15) is 0 Å². The molecule has 0 bridgehead atoms. The van der Waals surface area contributed by atoms with Gasteiger partial charge < -0.3 is 0 Å². The van der Waals surface area contributed by atoms with Crippen LogP contribution in [0.25, 0.3) is 21.5 Å². The summed E-state index contributed by atoms with van der Waals surface area (Å²) in [7, 11) is 0. The van der Waals surface area contributed by atoms with E-state index in [2.05, 4.69) is 84.9 Å². The van der Waals surface area contributed by atoms with Crippen LogP contribution < -0.4 is 0 Å². The molecule has 0 saturated heterocycles. The molecule has 0 atom stereocenters. The Morgan fingerprint density at radius 1 is 0.714 bits per heavy atom. The summed E-state index contributed by atoms with van der Waals surface area (Å²) in [5.74, 6) is 0. The van der Waals surface area contributed by atoms with E-state index in [1.165, 1.54) is 21.5 Å². The van der Waals surface area contributed by atoms with Gasteiger partial charge in [-0.25, -0.2) is 0 Å². The van der Waals surface area contributed by atoms with Gasteiger partial charge in [-0.3, -0.25) is 0 Å². The Labute approximate surface area is 137 Å². The Kier molecular flexibility index (Phi) is 6.34. The smallest absolute Gasteiger partial charge is 0.0809 e. The maximum atomic E-state index is 2.12. The first-order chi connectivity index (χ1) is 10.3. The maximum Gasteiger partial charge on any atom is -0.0809 e. The predicted octanol–water partition coefficient (Wildman–Crippen LogP) is 5.47. The third kappa shape index (κ3) is 4.63. The van der Waals surface area contributed by atoms with Crippen molar-refractivity contribution in [1.82, 2.24) is 0 Å². The van der Waals surface area contributed by atoms with Gasteiger partial charge >= 0.3 is 31.2 Å². The molecule has 0 unspecified atom stereocenters. The summed E-state index contributed by atoms with van der Waals surface area (Å²) in [6.45, 7) is 2.00. The van der Waals surface area contributed by atoms with Crippen LogP contribution >= 0.6 is 0 Å². The van der Waals surface area contributed by atoms with E-state index in [1.807, 2.05) is 31.2 Å². The van der Waals surface area contributed by atoms with Crippen molar-refractivity contribution < 1.29 is 20.0 Å².